The highest BCUT2D eigenvalue weighted by Crippen LogP contribution is 2.35. The van der Waals surface area contributed by atoms with Gasteiger partial charge in [0, 0.05) is 31.4 Å². The Labute approximate surface area is 187 Å². The van der Waals surface area contributed by atoms with E-state index in [0.717, 1.165) is 12.8 Å². The molecule has 1 aliphatic rings. The lowest BCUT2D eigenvalue weighted by atomic mass is 9.96. The van der Waals surface area contributed by atoms with Crippen LogP contribution in [0.15, 0.2) is 42.6 Å². The molecule has 1 aromatic carbocycles. The van der Waals surface area contributed by atoms with E-state index < -0.39 is 24.6 Å². The number of anilines is 1. The molecule has 6 nitrogen and oxygen atoms in total. The summed E-state index contributed by atoms with van der Waals surface area (Å²) in [4.78, 5) is 18.5. The highest BCUT2D eigenvalue weighted by molar-refractivity contribution is 6.00. The summed E-state index contributed by atoms with van der Waals surface area (Å²) in [6, 6.07) is 9.75. The first-order chi connectivity index (χ1) is 15.6. The number of nitrogens with zero attached hydrogens (tertiary/aromatic N) is 2. The second-order valence-electron chi connectivity index (χ2n) is 7.68. The third kappa shape index (κ3) is 6.23. The number of hydrogen-bond donors (Lipinski definition) is 1. The molecule has 33 heavy (non-hydrogen) atoms. The van der Waals surface area contributed by atoms with Gasteiger partial charge in [0.25, 0.3) is 5.91 Å². The van der Waals surface area contributed by atoms with E-state index >= 15 is 0 Å². The fraction of sp³-hybridized carbons (Fsp3) is 0.455. The van der Waals surface area contributed by atoms with Crippen molar-refractivity contribution in [2.75, 3.05) is 38.3 Å². The molecule has 0 aliphatic carbocycles. The molecule has 1 N–H and O–H groups in total. The van der Waals surface area contributed by atoms with Gasteiger partial charge in [0.15, 0.2) is 0 Å². The molecule has 1 amide bonds. The molecule has 1 aliphatic heterocycles. The molecule has 0 bridgehead atoms. The largest absolute Gasteiger partial charge is 0.497 e. The smallest absolute Gasteiger partial charge is 0.455 e. The average molecular weight is 473 g/mol. The minimum atomic E-state index is -5.75. The van der Waals surface area contributed by atoms with Gasteiger partial charge in [-0.3, -0.25) is 4.79 Å². The van der Waals surface area contributed by atoms with Gasteiger partial charge in [0.05, 0.1) is 31.5 Å². The number of amides is 1. The Bertz CT molecular complexity index is 933. The Balaban J connectivity index is 1.65. The number of methoxy groups -OCH3 is 1. The van der Waals surface area contributed by atoms with E-state index in [0.29, 0.717) is 37.0 Å². The quantitative estimate of drug-likeness (QED) is 0.579. The number of ether oxygens (including phenoxy) is 2. The Morgan fingerprint density at radius 1 is 1.15 bits per heavy atom. The maximum atomic E-state index is 13.2. The molecular weight excluding hydrogens is 449 g/mol. The summed E-state index contributed by atoms with van der Waals surface area (Å²) in [5.41, 5.74) is 0.406. The van der Waals surface area contributed by atoms with Crippen LogP contribution in [0.5, 0.6) is 11.6 Å². The molecule has 2 heterocycles. The van der Waals surface area contributed by atoms with Gasteiger partial charge in [0.2, 0.25) is 5.88 Å². The van der Waals surface area contributed by atoms with Crippen molar-refractivity contribution in [1.29, 1.82) is 0 Å². The minimum Gasteiger partial charge on any atom is -0.497 e. The highest BCUT2D eigenvalue weighted by atomic mass is 19.4. The fourth-order valence-corrected chi connectivity index (χ4v) is 3.46. The Hall–Kier alpha value is -3.11. The van der Waals surface area contributed by atoms with Gasteiger partial charge < -0.3 is 19.7 Å². The lowest BCUT2D eigenvalue weighted by Crippen LogP contribution is -2.47. The van der Waals surface area contributed by atoms with Crippen molar-refractivity contribution in [3.05, 3.63) is 48.2 Å². The summed E-state index contributed by atoms with van der Waals surface area (Å²) in [6.45, 7) is -0.276. The number of carbonyl (C=O) groups is 1. The van der Waals surface area contributed by atoms with Gasteiger partial charge in [-0.15, -0.1) is 0 Å². The number of carbonyl (C=O) groups excluding carboxylic acids is 1. The number of halogens is 5. The van der Waals surface area contributed by atoms with Gasteiger partial charge in [-0.05, 0) is 37.0 Å². The topological polar surface area (TPSA) is 63.7 Å². The molecule has 0 saturated carbocycles. The normalized spacial score (nSPS) is 15.3. The summed E-state index contributed by atoms with van der Waals surface area (Å²) in [5.74, 6) is -4.83. The lowest BCUT2D eigenvalue weighted by molar-refractivity contribution is -0.278. The molecule has 1 aromatic heterocycles. The average Bonchev–Trinajstić information content (AvgIpc) is 2.81. The number of pyridine rings is 1. The number of aromatic nitrogens is 1. The molecule has 0 radical (unpaired) electrons. The minimum absolute atomic E-state index is 0.00281. The zero-order chi connectivity index (χ0) is 24.1. The maximum Gasteiger partial charge on any atom is 0.455 e. The molecule has 1 saturated heterocycles. The first kappa shape index (κ1) is 24.5. The van der Waals surface area contributed by atoms with Crippen LogP contribution in [-0.4, -0.2) is 56.3 Å². The van der Waals surface area contributed by atoms with Crippen LogP contribution in [-0.2, 0) is 0 Å². The van der Waals surface area contributed by atoms with Crippen LogP contribution >= 0.6 is 0 Å². The Morgan fingerprint density at radius 3 is 2.48 bits per heavy atom. The van der Waals surface area contributed by atoms with Crippen molar-refractivity contribution < 1.29 is 36.2 Å². The standard InChI is InChI=1S/C22H24F5N3O3/c1-32-16-5-6-17(20(31)29-14-21(23,24)22(25,26)27)18(12-16)30-10-7-15(8-11-30)13-33-19-4-2-3-9-28-19/h2-6,9,12,15H,7-8,10-11,13-14H2,1H3,(H,29,31). The van der Waals surface area contributed by atoms with E-state index in [9.17, 15) is 26.7 Å². The molecule has 0 unspecified atom stereocenters. The fourth-order valence-electron chi connectivity index (χ4n) is 3.46. The lowest BCUT2D eigenvalue weighted by Gasteiger charge is -2.34. The molecule has 180 valence electrons. The van der Waals surface area contributed by atoms with Crippen molar-refractivity contribution in [2.45, 2.75) is 24.9 Å². The first-order valence-corrected chi connectivity index (χ1v) is 10.3. The van der Waals surface area contributed by atoms with Gasteiger partial charge in [0.1, 0.15) is 5.75 Å². The van der Waals surface area contributed by atoms with Gasteiger partial charge in [-0.1, -0.05) is 6.07 Å². The van der Waals surface area contributed by atoms with Crippen molar-refractivity contribution >= 4 is 11.6 Å². The van der Waals surface area contributed by atoms with Crippen LogP contribution in [0.2, 0.25) is 0 Å². The van der Waals surface area contributed by atoms with Gasteiger partial charge in [-0.25, -0.2) is 4.98 Å². The SMILES string of the molecule is COc1ccc(C(=O)NCC(F)(F)C(F)(F)F)c(N2CCC(COc3ccccn3)CC2)c1. The molecule has 11 heteroatoms. The molecule has 0 atom stereocenters. The molecule has 2 aromatic rings. The van der Waals surface area contributed by atoms with Crippen LogP contribution < -0.4 is 19.7 Å². The second-order valence-corrected chi connectivity index (χ2v) is 7.68. The molecular formula is C22H24F5N3O3. The highest BCUT2D eigenvalue weighted by Gasteiger charge is 2.57. The predicted molar refractivity (Wildman–Crippen MR) is 111 cm³/mol. The van der Waals surface area contributed by atoms with Crippen LogP contribution in [0, 0.1) is 5.92 Å². The van der Waals surface area contributed by atoms with E-state index in [-0.39, 0.29) is 11.5 Å². The van der Waals surface area contributed by atoms with E-state index in [4.69, 9.17) is 9.47 Å². The van der Waals surface area contributed by atoms with Gasteiger partial charge in [-0.2, -0.15) is 22.0 Å². The molecule has 1 fully saturated rings. The number of piperidine rings is 1. The summed E-state index contributed by atoms with van der Waals surface area (Å²) >= 11 is 0. The monoisotopic (exact) mass is 473 g/mol. The third-order valence-corrected chi connectivity index (χ3v) is 5.40. The predicted octanol–water partition coefficient (Wildman–Crippen LogP) is 4.31. The molecule has 3 rings (SSSR count). The number of alkyl halides is 5. The maximum absolute atomic E-state index is 13.2. The van der Waals surface area contributed by atoms with Crippen LogP contribution in [0.1, 0.15) is 23.2 Å². The zero-order valence-corrected chi connectivity index (χ0v) is 17.9. The Kier molecular flexibility index (Phi) is 7.60. The van der Waals surface area contributed by atoms with Crippen LogP contribution in [0.3, 0.4) is 0 Å². The van der Waals surface area contributed by atoms with E-state index in [1.165, 1.54) is 19.2 Å². The van der Waals surface area contributed by atoms with Crippen molar-refractivity contribution in [2.24, 2.45) is 5.92 Å². The summed E-state index contributed by atoms with van der Waals surface area (Å²) in [7, 11) is 1.43. The van der Waals surface area contributed by atoms with E-state index in [1.54, 1.807) is 29.7 Å². The van der Waals surface area contributed by atoms with Gasteiger partial charge >= 0.3 is 12.1 Å². The summed E-state index contributed by atoms with van der Waals surface area (Å²) < 4.78 is 74.6. The summed E-state index contributed by atoms with van der Waals surface area (Å²) in [6.07, 6.45) is -2.64. The summed E-state index contributed by atoms with van der Waals surface area (Å²) in [5, 5.41) is 1.71. The molecule has 0 spiro atoms. The van der Waals surface area contributed by atoms with E-state index in [2.05, 4.69) is 4.98 Å². The zero-order valence-electron chi connectivity index (χ0n) is 17.9. The number of hydrogen-bond acceptors (Lipinski definition) is 5. The third-order valence-electron chi connectivity index (χ3n) is 5.40. The number of rotatable bonds is 8. The second kappa shape index (κ2) is 10.2. The van der Waals surface area contributed by atoms with Crippen molar-refractivity contribution in [1.82, 2.24) is 10.3 Å². The van der Waals surface area contributed by atoms with Crippen LogP contribution in [0.25, 0.3) is 0 Å². The first-order valence-electron chi connectivity index (χ1n) is 10.3. The van der Waals surface area contributed by atoms with E-state index in [1.807, 2.05) is 11.0 Å². The van der Waals surface area contributed by atoms with Crippen molar-refractivity contribution in [3.8, 4) is 11.6 Å². The number of nitrogens with one attached hydrogen (secondary N) is 1. The number of benzene rings is 1. The van der Waals surface area contributed by atoms with Crippen LogP contribution in [0.4, 0.5) is 27.6 Å². The van der Waals surface area contributed by atoms with Crippen molar-refractivity contribution in [3.63, 3.8) is 0 Å². The Morgan fingerprint density at radius 2 is 1.88 bits per heavy atom.